The zero-order valence-corrected chi connectivity index (χ0v) is 13.2. The van der Waals surface area contributed by atoms with Crippen LogP contribution in [0.2, 0.25) is 0 Å². The van der Waals surface area contributed by atoms with Gasteiger partial charge in [-0.3, -0.25) is 4.98 Å². The first-order valence-corrected chi connectivity index (χ1v) is 7.85. The standard InChI is InChI=1S/C16H17BrFN3/c17-15-12(10-19)3-4-14(16(15)18)21-9-1-2-13(21)11-5-7-20-8-6-11/h3-8,13H,1-2,9-10,19H2. The fraction of sp³-hybridized carbons (Fsp3) is 0.312. The van der Waals surface area contributed by atoms with Crippen molar-refractivity contribution in [1.82, 2.24) is 4.98 Å². The third-order valence-corrected chi connectivity index (χ3v) is 4.87. The number of nitrogens with zero attached hydrogens (tertiary/aromatic N) is 2. The molecule has 0 radical (unpaired) electrons. The molecule has 1 fully saturated rings. The summed E-state index contributed by atoms with van der Waals surface area (Å²) in [4.78, 5) is 6.19. The molecule has 1 aromatic heterocycles. The Kier molecular flexibility index (Phi) is 4.22. The second kappa shape index (κ2) is 6.12. The van der Waals surface area contributed by atoms with Crippen molar-refractivity contribution in [2.24, 2.45) is 5.73 Å². The fourth-order valence-electron chi connectivity index (χ4n) is 2.95. The van der Waals surface area contributed by atoms with Gasteiger partial charge in [-0.25, -0.2) is 4.39 Å². The number of hydrogen-bond acceptors (Lipinski definition) is 3. The van der Waals surface area contributed by atoms with Crippen molar-refractivity contribution in [3.63, 3.8) is 0 Å². The van der Waals surface area contributed by atoms with Gasteiger partial charge in [0, 0.05) is 25.5 Å². The van der Waals surface area contributed by atoms with Crippen molar-refractivity contribution in [3.05, 3.63) is 58.1 Å². The largest absolute Gasteiger partial charge is 0.362 e. The molecule has 0 bridgehead atoms. The fourth-order valence-corrected chi connectivity index (χ4v) is 3.44. The molecule has 1 atom stereocenters. The molecule has 0 saturated carbocycles. The summed E-state index contributed by atoms with van der Waals surface area (Å²) in [7, 11) is 0. The molecule has 0 amide bonds. The van der Waals surface area contributed by atoms with Gasteiger partial charge in [-0.05, 0) is 58.1 Å². The van der Waals surface area contributed by atoms with Crippen LogP contribution in [-0.2, 0) is 6.54 Å². The number of hydrogen-bond donors (Lipinski definition) is 1. The number of halogens is 2. The Morgan fingerprint density at radius 3 is 2.76 bits per heavy atom. The van der Waals surface area contributed by atoms with E-state index in [1.165, 1.54) is 5.56 Å². The summed E-state index contributed by atoms with van der Waals surface area (Å²) >= 11 is 3.32. The van der Waals surface area contributed by atoms with Gasteiger partial charge in [-0.1, -0.05) is 6.07 Å². The van der Waals surface area contributed by atoms with E-state index in [2.05, 4.69) is 25.8 Å². The molecule has 2 N–H and O–H groups in total. The third kappa shape index (κ3) is 2.68. The summed E-state index contributed by atoms with van der Waals surface area (Å²) in [6.07, 6.45) is 5.66. The Hall–Kier alpha value is -1.46. The van der Waals surface area contributed by atoms with Crippen LogP contribution >= 0.6 is 15.9 Å². The van der Waals surface area contributed by atoms with E-state index >= 15 is 0 Å². The first-order chi connectivity index (χ1) is 10.2. The first-order valence-electron chi connectivity index (χ1n) is 7.06. The first kappa shape index (κ1) is 14.5. The molecule has 110 valence electrons. The maximum Gasteiger partial charge on any atom is 0.160 e. The summed E-state index contributed by atoms with van der Waals surface area (Å²) in [5.41, 5.74) is 8.23. The number of nitrogens with two attached hydrogens (primary N) is 1. The van der Waals surface area contributed by atoms with E-state index in [1.54, 1.807) is 12.4 Å². The predicted octanol–water partition coefficient (Wildman–Crippen LogP) is 3.78. The SMILES string of the molecule is NCc1ccc(N2CCCC2c2ccncc2)c(F)c1Br. The molecule has 21 heavy (non-hydrogen) atoms. The Labute approximate surface area is 132 Å². The molecule has 1 aliphatic rings. The molecule has 5 heteroatoms. The highest BCUT2D eigenvalue weighted by Crippen LogP contribution is 2.39. The number of anilines is 1. The molecule has 1 saturated heterocycles. The molecule has 3 rings (SSSR count). The van der Waals surface area contributed by atoms with Gasteiger partial charge < -0.3 is 10.6 Å². The van der Waals surface area contributed by atoms with Gasteiger partial charge in [0.2, 0.25) is 0 Å². The average molecular weight is 350 g/mol. The van der Waals surface area contributed by atoms with E-state index in [0.717, 1.165) is 24.9 Å². The van der Waals surface area contributed by atoms with Crippen molar-refractivity contribution in [3.8, 4) is 0 Å². The van der Waals surface area contributed by atoms with Gasteiger partial charge >= 0.3 is 0 Å². The van der Waals surface area contributed by atoms with Gasteiger partial charge in [0.1, 0.15) is 0 Å². The van der Waals surface area contributed by atoms with Crippen molar-refractivity contribution < 1.29 is 4.39 Å². The van der Waals surface area contributed by atoms with Crippen LogP contribution in [0.1, 0.15) is 30.0 Å². The molecule has 0 spiro atoms. The van der Waals surface area contributed by atoms with Crippen molar-refractivity contribution in [2.45, 2.75) is 25.4 Å². The Morgan fingerprint density at radius 1 is 1.29 bits per heavy atom. The zero-order valence-electron chi connectivity index (χ0n) is 11.6. The maximum atomic E-state index is 14.6. The van der Waals surface area contributed by atoms with Gasteiger partial charge in [0.05, 0.1) is 16.2 Å². The zero-order chi connectivity index (χ0) is 14.8. The maximum absolute atomic E-state index is 14.6. The van der Waals surface area contributed by atoms with E-state index in [-0.39, 0.29) is 11.9 Å². The summed E-state index contributed by atoms with van der Waals surface area (Å²) in [6, 6.07) is 7.94. The molecular formula is C16H17BrFN3. The minimum atomic E-state index is -0.223. The van der Waals surface area contributed by atoms with E-state index in [4.69, 9.17) is 5.73 Å². The summed E-state index contributed by atoms with van der Waals surface area (Å²) in [6.45, 7) is 1.18. The van der Waals surface area contributed by atoms with Crippen LogP contribution in [0.5, 0.6) is 0 Å². The number of pyridine rings is 1. The summed E-state index contributed by atoms with van der Waals surface area (Å²) < 4.78 is 15.1. The number of rotatable bonds is 3. The topological polar surface area (TPSA) is 42.1 Å². The lowest BCUT2D eigenvalue weighted by Gasteiger charge is -2.28. The predicted molar refractivity (Wildman–Crippen MR) is 85.5 cm³/mol. The second-order valence-corrected chi connectivity index (χ2v) is 6.00. The molecule has 1 aromatic carbocycles. The minimum Gasteiger partial charge on any atom is -0.362 e. The highest BCUT2D eigenvalue weighted by Gasteiger charge is 2.28. The van der Waals surface area contributed by atoms with Gasteiger partial charge in [0.25, 0.3) is 0 Å². The summed E-state index contributed by atoms with van der Waals surface area (Å²) in [5.74, 6) is -0.223. The normalized spacial score (nSPS) is 18.2. The Morgan fingerprint density at radius 2 is 2.05 bits per heavy atom. The number of aromatic nitrogens is 1. The molecule has 1 unspecified atom stereocenters. The van der Waals surface area contributed by atoms with Crippen LogP contribution in [0, 0.1) is 5.82 Å². The monoisotopic (exact) mass is 349 g/mol. The highest BCUT2D eigenvalue weighted by molar-refractivity contribution is 9.10. The average Bonchev–Trinajstić information content (AvgIpc) is 3.00. The summed E-state index contributed by atoms with van der Waals surface area (Å²) in [5, 5.41) is 0. The van der Waals surface area contributed by atoms with E-state index < -0.39 is 0 Å². The van der Waals surface area contributed by atoms with Crippen LogP contribution < -0.4 is 10.6 Å². The molecule has 0 aliphatic carbocycles. The van der Waals surface area contributed by atoms with Crippen LogP contribution in [0.4, 0.5) is 10.1 Å². The van der Waals surface area contributed by atoms with E-state index in [0.29, 0.717) is 16.7 Å². The lowest BCUT2D eigenvalue weighted by atomic mass is 10.1. The minimum absolute atomic E-state index is 0.207. The molecule has 1 aliphatic heterocycles. The Bertz CT molecular complexity index is 633. The van der Waals surface area contributed by atoms with Crippen molar-refractivity contribution in [1.29, 1.82) is 0 Å². The second-order valence-electron chi connectivity index (χ2n) is 5.21. The van der Waals surface area contributed by atoms with E-state index in [1.807, 2.05) is 24.3 Å². The lowest BCUT2D eigenvalue weighted by Crippen LogP contribution is -2.24. The van der Waals surface area contributed by atoms with Gasteiger partial charge in [0.15, 0.2) is 5.82 Å². The molecule has 2 aromatic rings. The molecule has 2 heterocycles. The van der Waals surface area contributed by atoms with Crippen LogP contribution in [0.15, 0.2) is 41.1 Å². The van der Waals surface area contributed by atoms with E-state index in [9.17, 15) is 4.39 Å². The van der Waals surface area contributed by atoms with Crippen LogP contribution in [-0.4, -0.2) is 11.5 Å². The van der Waals surface area contributed by atoms with Crippen molar-refractivity contribution in [2.75, 3.05) is 11.4 Å². The van der Waals surface area contributed by atoms with Crippen molar-refractivity contribution >= 4 is 21.6 Å². The lowest BCUT2D eigenvalue weighted by molar-refractivity contribution is 0.603. The van der Waals surface area contributed by atoms with Gasteiger partial charge in [-0.15, -0.1) is 0 Å². The molecular weight excluding hydrogens is 333 g/mol. The number of benzene rings is 1. The highest BCUT2D eigenvalue weighted by atomic mass is 79.9. The third-order valence-electron chi connectivity index (χ3n) is 4.01. The quantitative estimate of drug-likeness (QED) is 0.916. The van der Waals surface area contributed by atoms with Crippen LogP contribution in [0.3, 0.4) is 0 Å². The van der Waals surface area contributed by atoms with Gasteiger partial charge in [-0.2, -0.15) is 0 Å². The smallest absolute Gasteiger partial charge is 0.160 e. The Balaban J connectivity index is 1.98. The van der Waals surface area contributed by atoms with Crippen LogP contribution in [0.25, 0.3) is 0 Å². The molecule has 3 nitrogen and oxygen atoms in total.